The molecule has 2 saturated heterocycles. The number of hydrogen-bond donors (Lipinski definition) is 2. The second-order valence-electron chi connectivity index (χ2n) is 6.82. The van der Waals surface area contributed by atoms with E-state index in [9.17, 15) is 4.79 Å². The quantitative estimate of drug-likeness (QED) is 0.887. The molecule has 2 fully saturated rings. The van der Waals surface area contributed by atoms with E-state index in [0.29, 0.717) is 6.04 Å². The van der Waals surface area contributed by atoms with Gasteiger partial charge in [0, 0.05) is 49.6 Å². The molecule has 1 aromatic rings. The van der Waals surface area contributed by atoms with Crippen molar-refractivity contribution in [3.8, 4) is 0 Å². The molecular weight excluding hydrogens is 304 g/mol. The third-order valence-electron chi connectivity index (χ3n) is 4.77. The lowest BCUT2D eigenvalue weighted by Gasteiger charge is -2.29. The highest BCUT2D eigenvalue weighted by Crippen LogP contribution is 2.20. The summed E-state index contributed by atoms with van der Waals surface area (Å²) in [6.45, 7) is 9.66. The predicted molar refractivity (Wildman–Crippen MR) is 96.7 cm³/mol. The maximum Gasteiger partial charge on any atom is 0.319 e. The number of likely N-dealkylation sites (tertiary alicyclic amines) is 1. The van der Waals surface area contributed by atoms with Crippen LogP contribution in [0.25, 0.3) is 0 Å². The van der Waals surface area contributed by atoms with Gasteiger partial charge < -0.3 is 20.3 Å². The lowest BCUT2D eigenvalue weighted by molar-refractivity contribution is 0.122. The van der Waals surface area contributed by atoms with Crippen LogP contribution >= 0.6 is 0 Å². The number of ether oxygens (including phenoxy) is 1. The van der Waals surface area contributed by atoms with Crippen molar-refractivity contribution in [3.63, 3.8) is 0 Å². The van der Waals surface area contributed by atoms with Gasteiger partial charge in [0.1, 0.15) is 0 Å². The molecule has 0 saturated carbocycles. The smallest absolute Gasteiger partial charge is 0.319 e. The number of amides is 2. The predicted octanol–water partition coefficient (Wildman–Crippen LogP) is 2.13. The van der Waals surface area contributed by atoms with E-state index in [2.05, 4.69) is 40.3 Å². The van der Waals surface area contributed by atoms with Gasteiger partial charge in [-0.05, 0) is 38.5 Å². The molecule has 1 unspecified atom stereocenters. The number of morpholine rings is 1. The molecule has 6 heteroatoms. The minimum absolute atomic E-state index is 0.121. The van der Waals surface area contributed by atoms with Gasteiger partial charge in [0.25, 0.3) is 0 Å². The van der Waals surface area contributed by atoms with Gasteiger partial charge in [-0.15, -0.1) is 0 Å². The number of hydrogen-bond acceptors (Lipinski definition) is 4. The highest BCUT2D eigenvalue weighted by atomic mass is 16.5. The second-order valence-corrected chi connectivity index (χ2v) is 6.82. The number of nitrogens with one attached hydrogen (secondary N) is 2. The highest BCUT2D eigenvalue weighted by molar-refractivity contribution is 5.90. The summed E-state index contributed by atoms with van der Waals surface area (Å²) < 4.78 is 5.39. The molecule has 2 heterocycles. The molecule has 6 nitrogen and oxygen atoms in total. The molecule has 0 aromatic heterocycles. The Morgan fingerprint density at radius 3 is 2.75 bits per heavy atom. The first-order chi connectivity index (χ1) is 11.6. The molecule has 2 N–H and O–H groups in total. The monoisotopic (exact) mass is 332 g/mol. The van der Waals surface area contributed by atoms with E-state index in [1.54, 1.807) is 0 Å². The summed E-state index contributed by atoms with van der Waals surface area (Å²) in [5, 5.41) is 6.05. The number of carbonyl (C=O) groups is 1. The van der Waals surface area contributed by atoms with Crippen LogP contribution in [0.1, 0.15) is 20.3 Å². The molecule has 24 heavy (non-hydrogen) atoms. The van der Waals surface area contributed by atoms with Gasteiger partial charge in [-0.25, -0.2) is 4.79 Å². The number of urea groups is 1. The van der Waals surface area contributed by atoms with Gasteiger partial charge in [0.2, 0.25) is 0 Å². The van der Waals surface area contributed by atoms with Gasteiger partial charge in [-0.3, -0.25) is 4.90 Å². The Morgan fingerprint density at radius 2 is 2.04 bits per heavy atom. The fourth-order valence-corrected chi connectivity index (χ4v) is 3.33. The normalized spacial score (nSPS) is 22.0. The molecule has 0 bridgehead atoms. The molecule has 0 aliphatic carbocycles. The van der Waals surface area contributed by atoms with Crippen LogP contribution < -0.4 is 15.5 Å². The van der Waals surface area contributed by atoms with Gasteiger partial charge >= 0.3 is 6.03 Å². The minimum atomic E-state index is -0.121. The van der Waals surface area contributed by atoms with E-state index in [4.69, 9.17) is 4.74 Å². The third kappa shape index (κ3) is 4.39. The van der Waals surface area contributed by atoms with Gasteiger partial charge in [-0.1, -0.05) is 6.07 Å². The van der Waals surface area contributed by atoms with Crippen LogP contribution in [0.5, 0.6) is 0 Å². The fourth-order valence-electron chi connectivity index (χ4n) is 3.33. The van der Waals surface area contributed by atoms with Crippen LogP contribution in [0, 0.1) is 0 Å². The fraction of sp³-hybridized carbons (Fsp3) is 0.611. The minimum Gasteiger partial charge on any atom is -0.378 e. The molecule has 1 aromatic carbocycles. The summed E-state index contributed by atoms with van der Waals surface area (Å²) >= 11 is 0. The second kappa shape index (κ2) is 7.85. The number of anilines is 2. The van der Waals surface area contributed by atoms with E-state index in [1.807, 2.05) is 18.2 Å². The van der Waals surface area contributed by atoms with E-state index in [-0.39, 0.29) is 12.1 Å². The average molecular weight is 332 g/mol. The lowest BCUT2D eigenvalue weighted by atomic mass is 10.2. The maximum atomic E-state index is 12.3. The van der Waals surface area contributed by atoms with E-state index >= 15 is 0 Å². The van der Waals surface area contributed by atoms with Crippen molar-refractivity contribution < 1.29 is 9.53 Å². The van der Waals surface area contributed by atoms with E-state index in [1.165, 1.54) is 0 Å². The van der Waals surface area contributed by atoms with Crippen molar-refractivity contribution in [2.24, 2.45) is 0 Å². The molecule has 3 rings (SSSR count). The molecule has 0 radical (unpaired) electrons. The van der Waals surface area contributed by atoms with Crippen molar-refractivity contribution in [1.29, 1.82) is 0 Å². The zero-order valence-electron chi connectivity index (χ0n) is 14.6. The molecule has 2 aliphatic heterocycles. The van der Waals surface area contributed by atoms with Gasteiger partial charge in [0.15, 0.2) is 0 Å². The Kier molecular flexibility index (Phi) is 5.58. The van der Waals surface area contributed by atoms with Crippen LogP contribution in [-0.2, 0) is 4.74 Å². The zero-order chi connectivity index (χ0) is 16.9. The number of carbonyl (C=O) groups excluding carboxylic acids is 1. The molecular formula is C18H28N4O2. The lowest BCUT2D eigenvalue weighted by Crippen LogP contribution is -2.40. The molecule has 2 amide bonds. The van der Waals surface area contributed by atoms with E-state index in [0.717, 1.165) is 57.2 Å². The van der Waals surface area contributed by atoms with E-state index < -0.39 is 0 Å². The first-order valence-electron chi connectivity index (χ1n) is 8.86. The number of benzene rings is 1. The number of rotatable bonds is 4. The van der Waals surface area contributed by atoms with Crippen LogP contribution in [0.2, 0.25) is 0 Å². The topological polar surface area (TPSA) is 56.8 Å². The standard InChI is InChI=1S/C18H28N4O2/c1-14(2)22-7-6-16(13-22)20-18(23)19-15-4-3-5-17(12-15)21-8-10-24-11-9-21/h3-5,12,14,16H,6-11,13H2,1-2H3,(H2,19,20,23). The Balaban J connectivity index is 1.53. The summed E-state index contributed by atoms with van der Waals surface area (Å²) in [6, 6.07) is 8.66. The Morgan fingerprint density at radius 1 is 1.25 bits per heavy atom. The van der Waals surface area contributed by atoms with Crippen LogP contribution in [-0.4, -0.2) is 62.4 Å². The summed E-state index contributed by atoms with van der Waals surface area (Å²) in [4.78, 5) is 16.9. The SMILES string of the molecule is CC(C)N1CCC(NC(=O)Nc2cccc(N3CCOCC3)c2)C1. The summed E-state index contributed by atoms with van der Waals surface area (Å²) in [5.41, 5.74) is 1.96. The number of nitrogens with zero attached hydrogens (tertiary/aromatic N) is 2. The third-order valence-corrected chi connectivity index (χ3v) is 4.77. The summed E-state index contributed by atoms with van der Waals surface area (Å²) in [6.07, 6.45) is 1.01. The Bertz CT molecular complexity index is 558. The van der Waals surface area contributed by atoms with Crippen molar-refractivity contribution in [3.05, 3.63) is 24.3 Å². The molecule has 2 aliphatic rings. The molecule has 0 spiro atoms. The van der Waals surface area contributed by atoms with Crippen LogP contribution in [0.3, 0.4) is 0 Å². The molecule has 132 valence electrons. The zero-order valence-corrected chi connectivity index (χ0v) is 14.6. The molecule has 1 atom stereocenters. The highest BCUT2D eigenvalue weighted by Gasteiger charge is 2.25. The van der Waals surface area contributed by atoms with Gasteiger partial charge in [-0.2, -0.15) is 0 Å². The Labute approximate surface area is 144 Å². The van der Waals surface area contributed by atoms with Crippen molar-refractivity contribution in [2.45, 2.75) is 32.4 Å². The first-order valence-corrected chi connectivity index (χ1v) is 8.86. The summed E-state index contributed by atoms with van der Waals surface area (Å²) in [5.74, 6) is 0. The van der Waals surface area contributed by atoms with Crippen molar-refractivity contribution in [1.82, 2.24) is 10.2 Å². The first kappa shape index (κ1) is 17.0. The van der Waals surface area contributed by atoms with Crippen LogP contribution in [0.4, 0.5) is 16.2 Å². The largest absolute Gasteiger partial charge is 0.378 e. The van der Waals surface area contributed by atoms with Crippen LogP contribution in [0.15, 0.2) is 24.3 Å². The summed E-state index contributed by atoms with van der Waals surface area (Å²) in [7, 11) is 0. The average Bonchev–Trinajstić information content (AvgIpc) is 3.04. The van der Waals surface area contributed by atoms with Crippen molar-refractivity contribution >= 4 is 17.4 Å². The Hall–Kier alpha value is -1.79. The van der Waals surface area contributed by atoms with Crippen molar-refractivity contribution in [2.75, 3.05) is 49.6 Å². The van der Waals surface area contributed by atoms with Gasteiger partial charge in [0.05, 0.1) is 13.2 Å². The maximum absolute atomic E-state index is 12.3.